The highest BCUT2D eigenvalue weighted by molar-refractivity contribution is 6.30. The molecule has 1 atom stereocenters. The van der Waals surface area contributed by atoms with Crippen molar-refractivity contribution in [3.8, 4) is 11.4 Å². The number of hydrogen-bond donors (Lipinski definition) is 2. The molecule has 4 aromatic rings. The number of halogens is 1. The molecule has 0 radical (unpaired) electrons. The lowest BCUT2D eigenvalue weighted by Crippen LogP contribution is -2.42. The molecule has 0 spiro atoms. The number of amides is 1. The summed E-state index contributed by atoms with van der Waals surface area (Å²) in [5.41, 5.74) is 5.15. The first-order valence-electron chi connectivity index (χ1n) is 13.0. The second kappa shape index (κ2) is 11.8. The lowest BCUT2D eigenvalue weighted by Gasteiger charge is -2.30. The quantitative estimate of drug-likeness (QED) is 0.320. The average molecular weight is 556 g/mol. The van der Waals surface area contributed by atoms with E-state index in [1.54, 1.807) is 30.3 Å². The number of hydrogen-bond acceptors (Lipinski definition) is 6. The first kappa shape index (κ1) is 27.1. The van der Waals surface area contributed by atoms with E-state index in [1.807, 2.05) is 55.4 Å². The van der Waals surface area contributed by atoms with Gasteiger partial charge in [0.05, 0.1) is 0 Å². The number of carbonyl (C=O) groups is 2. The van der Waals surface area contributed by atoms with Crippen molar-refractivity contribution in [1.29, 1.82) is 0 Å². The molecular formula is C31H30ClN5O3. The number of nitrogens with one attached hydrogen (secondary N) is 1. The smallest absolute Gasteiger partial charge is 0.326 e. The summed E-state index contributed by atoms with van der Waals surface area (Å²) < 4.78 is 0. The Kier molecular flexibility index (Phi) is 7.98. The second-order valence-corrected chi connectivity index (χ2v) is 10.4. The molecule has 8 nitrogen and oxygen atoms in total. The summed E-state index contributed by atoms with van der Waals surface area (Å²) in [6.45, 7) is 1.39. The molecule has 0 fully saturated rings. The summed E-state index contributed by atoms with van der Waals surface area (Å²) in [7, 11) is 3.93. The SMILES string of the molecule is CN(C)c1ccc(-c2nc(C(=O)N[C@H](Cc3ccc(Cl)cc3)C(=O)O)cc(N3CCc4ccccc4C3)n2)cc1. The summed E-state index contributed by atoms with van der Waals surface area (Å²) >= 11 is 5.96. The van der Waals surface area contributed by atoms with Crippen LogP contribution in [0.2, 0.25) is 5.02 Å². The van der Waals surface area contributed by atoms with E-state index in [4.69, 9.17) is 16.6 Å². The van der Waals surface area contributed by atoms with Gasteiger partial charge in [-0.1, -0.05) is 48.0 Å². The van der Waals surface area contributed by atoms with E-state index >= 15 is 0 Å². The number of fused-ring (bicyclic) bond motifs is 1. The van der Waals surface area contributed by atoms with Crippen molar-refractivity contribution in [2.75, 3.05) is 30.4 Å². The summed E-state index contributed by atoms with van der Waals surface area (Å²) in [6, 6.07) is 23.5. The first-order valence-corrected chi connectivity index (χ1v) is 13.4. The zero-order valence-electron chi connectivity index (χ0n) is 22.3. The van der Waals surface area contributed by atoms with Gasteiger partial charge in [0.1, 0.15) is 17.6 Å². The fourth-order valence-electron chi connectivity index (χ4n) is 4.73. The summed E-state index contributed by atoms with van der Waals surface area (Å²) in [4.78, 5) is 39.0. The summed E-state index contributed by atoms with van der Waals surface area (Å²) in [5, 5.41) is 13.1. The number of aromatic nitrogens is 2. The maximum absolute atomic E-state index is 13.5. The number of aliphatic carboxylic acids is 1. The highest BCUT2D eigenvalue weighted by Gasteiger charge is 2.25. The van der Waals surface area contributed by atoms with Gasteiger partial charge in [0.2, 0.25) is 0 Å². The Labute approximate surface area is 238 Å². The van der Waals surface area contributed by atoms with Crippen molar-refractivity contribution in [1.82, 2.24) is 15.3 Å². The number of rotatable bonds is 8. The van der Waals surface area contributed by atoms with Crippen molar-refractivity contribution >= 4 is 35.0 Å². The molecule has 0 unspecified atom stereocenters. The minimum Gasteiger partial charge on any atom is -0.480 e. The van der Waals surface area contributed by atoms with E-state index < -0.39 is 17.9 Å². The van der Waals surface area contributed by atoms with Gasteiger partial charge in [-0.05, 0) is 59.5 Å². The first-order chi connectivity index (χ1) is 19.3. The van der Waals surface area contributed by atoms with Crippen LogP contribution >= 0.6 is 11.6 Å². The van der Waals surface area contributed by atoms with Gasteiger partial charge in [0.15, 0.2) is 5.82 Å². The Morgan fingerprint density at radius 1 is 1.00 bits per heavy atom. The van der Waals surface area contributed by atoms with E-state index in [9.17, 15) is 14.7 Å². The zero-order valence-corrected chi connectivity index (χ0v) is 23.1. The Morgan fingerprint density at radius 2 is 1.70 bits per heavy atom. The molecule has 0 saturated carbocycles. The van der Waals surface area contributed by atoms with Crippen LogP contribution in [0.3, 0.4) is 0 Å². The second-order valence-electron chi connectivity index (χ2n) is 10.0. The van der Waals surface area contributed by atoms with Gasteiger partial charge in [-0.25, -0.2) is 14.8 Å². The fraction of sp³-hybridized carbons (Fsp3) is 0.226. The maximum Gasteiger partial charge on any atom is 0.326 e. The van der Waals surface area contributed by atoms with E-state index in [0.717, 1.165) is 29.8 Å². The monoisotopic (exact) mass is 555 g/mol. The van der Waals surface area contributed by atoms with Gasteiger partial charge in [-0.2, -0.15) is 0 Å². The molecule has 9 heteroatoms. The zero-order chi connectivity index (χ0) is 28.2. The van der Waals surface area contributed by atoms with Crippen molar-refractivity contribution in [2.24, 2.45) is 0 Å². The highest BCUT2D eigenvalue weighted by atomic mass is 35.5. The van der Waals surface area contributed by atoms with E-state index in [2.05, 4.69) is 27.3 Å². The number of carboxylic acids is 1. The van der Waals surface area contributed by atoms with Crippen LogP contribution in [0.25, 0.3) is 11.4 Å². The van der Waals surface area contributed by atoms with Gasteiger partial charge in [0.25, 0.3) is 5.91 Å². The molecule has 1 aliphatic heterocycles. The van der Waals surface area contributed by atoms with Crippen molar-refractivity contribution in [2.45, 2.75) is 25.4 Å². The van der Waals surface area contributed by atoms with Gasteiger partial charge < -0.3 is 20.2 Å². The van der Waals surface area contributed by atoms with Crippen LogP contribution in [0.4, 0.5) is 11.5 Å². The van der Waals surface area contributed by atoms with Crippen LogP contribution in [0.1, 0.15) is 27.2 Å². The Bertz CT molecular complexity index is 1520. The number of carboxylic acid groups (broad SMARTS) is 1. The molecule has 2 heterocycles. The molecule has 1 aliphatic rings. The molecule has 1 aromatic heterocycles. The predicted octanol–water partition coefficient (Wildman–Crippen LogP) is 4.85. The van der Waals surface area contributed by atoms with Crippen LogP contribution in [0, 0.1) is 0 Å². The summed E-state index contributed by atoms with van der Waals surface area (Å²) in [5.74, 6) is -0.694. The molecule has 2 N–H and O–H groups in total. The van der Waals surface area contributed by atoms with Gasteiger partial charge in [0, 0.05) is 55.9 Å². The molecule has 5 rings (SSSR count). The van der Waals surface area contributed by atoms with Gasteiger partial charge in [-0.15, -0.1) is 0 Å². The Balaban J connectivity index is 1.47. The van der Waals surface area contributed by atoms with Crippen molar-refractivity contribution in [3.63, 3.8) is 0 Å². The largest absolute Gasteiger partial charge is 0.480 e. The Hall–Kier alpha value is -4.43. The molecule has 0 saturated heterocycles. The van der Waals surface area contributed by atoms with Crippen molar-refractivity contribution < 1.29 is 14.7 Å². The summed E-state index contributed by atoms with van der Waals surface area (Å²) in [6.07, 6.45) is 0.967. The third-order valence-electron chi connectivity index (χ3n) is 7.00. The molecule has 1 amide bonds. The van der Waals surface area contributed by atoms with Gasteiger partial charge in [-0.3, -0.25) is 4.79 Å². The number of nitrogens with zero attached hydrogens (tertiary/aromatic N) is 4. The van der Waals surface area contributed by atoms with Crippen LogP contribution in [-0.4, -0.2) is 53.6 Å². The molecular weight excluding hydrogens is 526 g/mol. The number of benzene rings is 3. The minimum absolute atomic E-state index is 0.109. The van der Waals surface area contributed by atoms with Crippen molar-refractivity contribution in [3.05, 3.63) is 106 Å². The molecule has 0 bridgehead atoms. The van der Waals surface area contributed by atoms with E-state index in [1.165, 1.54) is 11.1 Å². The topological polar surface area (TPSA) is 98.7 Å². The van der Waals surface area contributed by atoms with E-state index in [0.29, 0.717) is 23.2 Å². The lowest BCUT2D eigenvalue weighted by atomic mass is 10.00. The minimum atomic E-state index is -1.14. The van der Waals surface area contributed by atoms with Crippen LogP contribution in [-0.2, 0) is 24.2 Å². The molecule has 204 valence electrons. The Morgan fingerprint density at radius 3 is 2.38 bits per heavy atom. The fourth-order valence-corrected chi connectivity index (χ4v) is 4.86. The third-order valence-corrected chi connectivity index (χ3v) is 7.25. The van der Waals surface area contributed by atoms with Crippen LogP contribution in [0.15, 0.2) is 78.9 Å². The number of carbonyl (C=O) groups excluding carboxylic acids is 1. The molecule has 3 aromatic carbocycles. The van der Waals surface area contributed by atoms with E-state index in [-0.39, 0.29) is 12.1 Å². The molecule has 0 aliphatic carbocycles. The number of anilines is 2. The maximum atomic E-state index is 13.5. The average Bonchev–Trinajstić information content (AvgIpc) is 2.97. The van der Waals surface area contributed by atoms with Gasteiger partial charge >= 0.3 is 5.97 Å². The normalized spacial score (nSPS) is 13.3. The standard InChI is InChI=1S/C31H30ClN5O3/c1-36(2)25-13-9-22(10-14-25)29-33-26(18-28(35-29)37-16-15-21-5-3-4-6-23(21)19-37)30(38)34-27(31(39)40)17-20-7-11-24(32)12-8-20/h3-14,18,27H,15-17,19H2,1-2H3,(H,34,38)(H,39,40)/t27-/m1/s1. The van der Waals surface area contributed by atoms with Crippen LogP contribution in [0.5, 0.6) is 0 Å². The lowest BCUT2D eigenvalue weighted by molar-refractivity contribution is -0.139. The highest BCUT2D eigenvalue weighted by Crippen LogP contribution is 2.27. The van der Waals surface area contributed by atoms with Crippen LogP contribution < -0.4 is 15.1 Å². The molecule has 40 heavy (non-hydrogen) atoms. The third kappa shape index (κ3) is 6.24. The predicted molar refractivity (Wildman–Crippen MR) is 157 cm³/mol.